The highest BCUT2D eigenvalue weighted by Crippen LogP contribution is 2.43. The van der Waals surface area contributed by atoms with Crippen molar-refractivity contribution in [2.75, 3.05) is 0 Å². The average Bonchev–Trinajstić information content (AvgIpc) is 2.75. The van der Waals surface area contributed by atoms with Crippen molar-refractivity contribution in [2.45, 2.75) is 103 Å². The minimum absolute atomic E-state index is 0.0254. The van der Waals surface area contributed by atoms with Gasteiger partial charge in [0.2, 0.25) is 5.82 Å². The molecule has 1 aromatic carbocycles. The second-order valence-corrected chi connectivity index (χ2v) is 10.4. The third kappa shape index (κ3) is 4.84. The maximum absolute atomic E-state index is 14.5. The zero-order valence-electron chi connectivity index (χ0n) is 18.6. The van der Waals surface area contributed by atoms with Crippen molar-refractivity contribution in [1.82, 2.24) is 0 Å². The Labute approximate surface area is 180 Å². The first-order chi connectivity index (χ1) is 14.4. The number of hydrogen-bond donors (Lipinski definition) is 1. The van der Waals surface area contributed by atoms with Gasteiger partial charge in [-0.1, -0.05) is 32.6 Å². The van der Waals surface area contributed by atoms with E-state index in [1.807, 2.05) is 0 Å². The molecule has 0 radical (unpaired) electrons. The Morgan fingerprint density at radius 2 is 1.57 bits per heavy atom. The Kier molecular flexibility index (Phi) is 7.01. The van der Waals surface area contributed by atoms with Crippen LogP contribution >= 0.6 is 0 Å². The van der Waals surface area contributed by atoms with E-state index in [1.54, 1.807) is 6.07 Å². The van der Waals surface area contributed by atoms with Gasteiger partial charge in [-0.15, -0.1) is 0 Å². The van der Waals surface area contributed by atoms with Gasteiger partial charge in [-0.3, -0.25) is 0 Å². The number of benzene rings is 1. The molecule has 0 saturated heterocycles. The van der Waals surface area contributed by atoms with E-state index in [0.29, 0.717) is 12.0 Å². The third-order valence-electron chi connectivity index (χ3n) is 8.25. The van der Waals surface area contributed by atoms with Crippen molar-refractivity contribution in [3.63, 3.8) is 0 Å². The number of halogens is 2. The van der Waals surface area contributed by atoms with Gasteiger partial charge in [0.25, 0.3) is 0 Å². The average molecular weight is 421 g/mol. The van der Waals surface area contributed by atoms with Crippen LogP contribution < -0.4 is 4.74 Å². The summed E-state index contributed by atoms with van der Waals surface area (Å²) in [5.41, 5.74) is 0.709. The summed E-state index contributed by atoms with van der Waals surface area (Å²) in [4.78, 5) is 0. The molecule has 0 aromatic heterocycles. The van der Waals surface area contributed by atoms with Crippen LogP contribution in [0.5, 0.6) is 5.75 Å². The molecule has 4 rings (SSSR count). The van der Waals surface area contributed by atoms with E-state index in [-0.39, 0.29) is 17.4 Å². The van der Waals surface area contributed by atoms with Gasteiger partial charge in [0.1, 0.15) is 0 Å². The molecule has 1 heterocycles. The fourth-order valence-corrected chi connectivity index (χ4v) is 6.17. The van der Waals surface area contributed by atoms with Crippen molar-refractivity contribution >= 4 is 0 Å². The predicted molar refractivity (Wildman–Crippen MR) is 116 cm³/mol. The molecule has 2 nitrogen and oxygen atoms in total. The second-order valence-electron chi connectivity index (χ2n) is 10.4. The van der Waals surface area contributed by atoms with Crippen molar-refractivity contribution in [3.8, 4) is 5.75 Å². The topological polar surface area (TPSA) is 29.5 Å². The zero-order chi connectivity index (χ0) is 21.3. The minimum atomic E-state index is -1.02. The lowest BCUT2D eigenvalue weighted by molar-refractivity contribution is 0.121. The van der Waals surface area contributed by atoms with E-state index in [2.05, 4.69) is 6.92 Å². The minimum Gasteiger partial charge on any atom is -0.487 e. The lowest BCUT2D eigenvalue weighted by atomic mass is 9.69. The number of aliphatic hydroxyl groups is 1. The Morgan fingerprint density at radius 3 is 2.20 bits per heavy atom. The molecule has 2 saturated carbocycles. The van der Waals surface area contributed by atoms with Crippen molar-refractivity contribution < 1.29 is 18.6 Å². The molecule has 0 amide bonds. The summed E-state index contributed by atoms with van der Waals surface area (Å²) < 4.78 is 34.6. The van der Waals surface area contributed by atoms with Crippen LogP contribution in [0, 0.1) is 35.3 Å². The first-order valence-electron chi connectivity index (χ1n) is 12.3. The van der Waals surface area contributed by atoms with E-state index in [1.165, 1.54) is 58.3 Å². The molecule has 1 aliphatic heterocycles. The largest absolute Gasteiger partial charge is 0.487 e. The standard InChI is InChI=1S/C26H38F2O2/c1-16-3-8-19(9-4-16)20-10-5-18(6-11-20)7-13-22-14-12-21-15-23(17(2)29)24(27)25(28)26(21)30-22/h15-20,22,29H,3-14H2,1-2H3. The zero-order valence-corrected chi connectivity index (χ0v) is 18.6. The lowest BCUT2D eigenvalue weighted by Crippen LogP contribution is -2.27. The van der Waals surface area contributed by atoms with Crippen LogP contribution in [0.1, 0.15) is 102 Å². The van der Waals surface area contributed by atoms with Crippen LogP contribution in [-0.2, 0) is 6.42 Å². The first-order valence-corrected chi connectivity index (χ1v) is 12.3. The van der Waals surface area contributed by atoms with E-state index in [4.69, 9.17) is 4.74 Å². The maximum Gasteiger partial charge on any atom is 0.201 e. The van der Waals surface area contributed by atoms with Gasteiger partial charge in [-0.2, -0.15) is 4.39 Å². The first kappa shape index (κ1) is 22.0. The Bertz CT molecular complexity index is 716. The molecule has 168 valence electrons. The Balaban J connectivity index is 1.26. The highest BCUT2D eigenvalue weighted by Gasteiger charge is 2.31. The summed E-state index contributed by atoms with van der Waals surface area (Å²) in [5, 5.41) is 9.68. The summed E-state index contributed by atoms with van der Waals surface area (Å²) in [6.07, 6.45) is 13.6. The van der Waals surface area contributed by atoms with Crippen LogP contribution in [0.4, 0.5) is 8.78 Å². The summed E-state index contributed by atoms with van der Waals surface area (Å²) in [7, 11) is 0. The number of fused-ring (bicyclic) bond motifs is 1. The molecular formula is C26H38F2O2. The van der Waals surface area contributed by atoms with Crippen molar-refractivity contribution in [3.05, 3.63) is 28.8 Å². The fourth-order valence-electron chi connectivity index (χ4n) is 6.17. The summed E-state index contributed by atoms with van der Waals surface area (Å²) in [5.74, 6) is 1.75. The fraction of sp³-hybridized carbons (Fsp3) is 0.769. The third-order valence-corrected chi connectivity index (χ3v) is 8.25. The van der Waals surface area contributed by atoms with Crippen molar-refractivity contribution in [2.24, 2.45) is 23.7 Å². The number of ether oxygens (including phenoxy) is 1. The molecule has 0 bridgehead atoms. The quantitative estimate of drug-likeness (QED) is 0.549. The molecule has 2 aliphatic carbocycles. The number of rotatable bonds is 5. The summed E-state index contributed by atoms with van der Waals surface area (Å²) >= 11 is 0. The molecular weight excluding hydrogens is 382 g/mol. The van der Waals surface area contributed by atoms with Gasteiger partial charge >= 0.3 is 0 Å². The maximum atomic E-state index is 14.5. The predicted octanol–water partition coefficient (Wildman–Crippen LogP) is 7.12. The van der Waals surface area contributed by atoms with E-state index >= 15 is 0 Å². The van der Waals surface area contributed by atoms with Gasteiger partial charge in [0.05, 0.1) is 12.2 Å². The van der Waals surface area contributed by atoms with E-state index in [0.717, 1.165) is 42.9 Å². The molecule has 3 aliphatic rings. The molecule has 2 atom stereocenters. The van der Waals surface area contributed by atoms with Gasteiger partial charge in [0, 0.05) is 5.56 Å². The van der Waals surface area contributed by atoms with Crippen LogP contribution in [0.25, 0.3) is 0 Å². The number of aliphatic hydroxyl groups excluding tert-OH is 1. The smallest absolute Gasteiger partial charge is 0.201 e. The number of hydrogen-bond acceptors (Lipinski definition) is 2. The van der Waals surface area contributed by atoms with E-state index < -0.39 is 17.7 Å². The lowest BCUT2D eigenvalue weighted by Gasteiger charge is -2.37. The summed E-state index contributed by atoms with van der Waals surface area (Å²) in [6, 6.07) is 1.57. The van der Waals surface area contributed by atoms with Crippen molar-refractivity contribution in [1.29, 1.82) is 0 Å². The second kappa shape index (κ2) is 9.54. The van der Waals surface area contributed by atoms with Crippen LogP contribution in [-0.4, -0.2) is 11.2 Å². The molecule has 30 heavy (non-hydrogen) atoms. The van der Waals surface area contributed by atoms with Gasteiger partial charge in [0.15, 0.2) is 11.6 Å². The van der Waals surface area contributed by atoms with Gasteiger partial charge < -0.3 is 9.84 Å². The van der Waals surface area contributed by atoms with Gasteiger partial charge in [-0.25, -0.2) is 4.39 Å². The Morgan fingerprint density at radius 1 is 0.933 bits per heavy atom. The van der Waals surface area contributed by atoms with Crippen LogP contribution in [0.15, 0.2) is 6.07 Å². The molecule has 1 N–H and O–H groups in total. The van der Waals surface area contributed by atoms with Crippen LogP contribution in [0.3, 0.4) is 0 Å². The highest BCUT2D eigenvalue weighted by atomic mass is 19.2. The molecule has 0 spiro atoms. The normalized spacial score (nSPS) is 32.9. The van der Waals surface area contributed by atoms with Gasteiger partial charge in [-0.05, 0) is 93.6 Å². The highest BCUT2D eigenvalue weighted by molar-refractivity contribution is 5.42. The SMILES string of the molecule is CC1CCC(C2CCC(CCC3CCc4cc(C(C)O)c(F)c(F)c4O3)CC2)CC1. The molecule has 1 aromatic rings. The molecule has 2 fully saturated rings. The van der Waals surface area contributed by atoms with E-state index in [9.17, 15) is 13.9 Å². The number of aryl methyl sites for hydroxylation is 1. The monoisotopic (exact) mass is 420 g/mol. The summed E-state index contributed by atoms with van der Waals surface area (Å²) in [6.45, 7) is 3.85. The Hall–Kier alpha value is -1.16. The van der Waals surface area contributed by atoms with Crippen LogP contribution in [0.2, 0.25) is 0 Å². The molecule has 2 unspecified atom stereocenters. The molecule has 4 heteroatoms.